The normalized spacial score (nSPS) is 15.0. The quantitative estimate of drug-likeness (QED) is 0.343. The summed E-state index contributed by atoms with van der Waals surface area (Å²) in [5, 5.41) is 10.5. The lowest BCUT2D eigenvalue weighted by Gasteiger charge is -2.40. The second-order valence-electron chi connectivity index (χ2n) is 10.6. The SMILES string of the molecule is CC(C)(O)C(C)(C)OBc1ccc2c(c1)Oc1ccccc1C21c2ccccc2-c2ccccc21. The van der Waals surface area contributed by atoms with E-state index in [2.05, 4.69) is 84.9 Å². The molecule has 1 aliphatic carbocycles. The van der Waals surface area contributed by atoms with Crippen LogP contribution in [0.3, 0.4) is 0 Å². The van der Waals surface area contributed by atoms with Crippen molar-refractivity contribution in [1.82, 2.24) is 0 Å². The van der Waals surface area contributed by atoms with Crippen molar-refractivity contribution in [1.29, 1.82) is 0 Å². The van der Waals surface area contributed by atoms with Crippen LogP contribution >= 0.6 is 0 Å². The molecule has 1 spiro atoms. The summed E-state index contributed by atoms with van der Waals surface area (Å²) in [5.74, 6) is 1.72. The van der Waals surface area contributed by atoms with E-state index in [0.717, 1.165) is 28.1 Å². The summed E-state index contributed by atoms with van der Waals surface area (Å²) in [6.07, 6.45) is 0. The number of fused-ring (bicyclic) bond motifs is 9. The Morgan fingerprint density at radius 3 is 1.86 bits per heavy atom. The molecule has 4 aromatic carbocycles. The minimum Gasteiger partial charge on any atom is -0.457 e. The lowest BCUT2D eigenvalue weighted by molar-refractivity contribution is -0.0893. The molecule has 0 saturated heterocycles. The molecule has 4 heteroatoms. The molecule has 0 atom stereocenters. The van der Waals surface area contributed by atoms with Crippen molar-refractivity contribution in [2.75, 3.05) is 0 Å². The fourth-order valence-electron chi connectivity index (χ4n) is 5.44. The van der Waals surface area contributed by atoms with Crippen LogP contribution in [0, 0.1) is 0 Å². The van der Waals surface area contributed by atoms with Crippen molar-refractivity contribution in [2.24, 2.45) is 0 Å². The first-order chi connectivity index (χ1) is 16.7. The molecule has 3 nitrogen and oxygen atoms in total. The molecule has 174 valence electrons. The lowest BCUT2D eigenvalue weighted by Crippen LogP contribution is -2.49. The predicted molar refractivity (Wildman–Crippen MR) is 142 cm³/mol. The summed E-state index contributed by atoms with van der Waals surface area (Å²) >= 11 is 0. The predicted octanol–water partition coefficient (Wildman–Crippen LogP) is 5.70. The Labute approximate surface area is 207 Å². The fraction of sp³-hybridized carbons (Fsp3) is 0.226. The van der Waals surface area contributed by atoms with Crippen LogP contribution in [0.15, 0.2) is 91.0 Å². The highest BCUT2D eigenvalue weighted by molar-refractivity contribution is 6.47. The summed E-state index contributed by atoms with van der Waals surface area (Å²) in [6.45, 7) is 7.39. The van der Waals surface area contributed by atoms with Crippen LogP contribution < -0.4 is 10.2 Å². The fourth-order valence-corrected chi connectivity index (χ4v) is 5.44. The third kappa shape index (κ3) is 3.13. The van der Waals surface area contributed by atoms with Crippen LogP contribution in [0.4, 0.5) is 0 Å². The molecule has 0 amide bonds. The maximum Gasteiger partial charge on any atom is 0.309 e. The van der Waals surface area contributed by atoms with Crippen molar-refractivity contribution in [3.05, 3.63) is 113 Å². The second-order valence-corrected chi connectivity index (χ2v) is 10.6. The molecular weight excluding hydrogens is 431 g/mol. The summed E-state index contributed by atoms with van der Waals surface area (Å²) in [5.41, 5.74) is 6.32. The zero-order valence-corrected chi connectivity index (χ0v) is 20.6. The van der Waals surface area contributed by atoms with Gasteiger partial charge >= 0.3 is 7.48 Å². The van der Waals surface area contributed by atoms with Gasteiger partial charge in [0, 0.05) is 11.1 Å². The minimum absolute atomic E-state index is 0.384. The molecule has 0 fully saturated rings. The summed E-state index contributed by atoms with van der Waals surface area (Å²) in [4.78, 5) is 0. The number of rotatable bonds is 4. The maximum absolute atomic E-state index is 10.5. The number of hydrogen-bond acceptors (Lipinski definition) is 3. The molecule has 0 radical (unpaired) electrons. The number of para-hydroxylation sites is 1. The molecule has 0 unspecified atom stereocenters. The van der Waals surface area contributed by atoms with Gasteiger partial charge in [0.1, 0.15) is 11.5 Å². The Hall–Kier alpha value is -3.34. The van der Waals surface area contributed by atoms with Gasteiger partial charge in [0.2, 0.25) is 0 Å². The van der Waals surface area contributed by atoms with E-state index in [1.165, 1.54) is 22.3 Å². The second kappa shape index (κ2) is 7.58. The summed E-state index contributed by atoms with van der Waals surface area (Å²) in [7, 11) is 0.384. The van der Waals surface area contributed by atoms with Gasteiger partial charge in [-0.25, -0.2) is 0 Å². The van der Waals surface area contributed by atoms with Crippen LogP contribution in [0.1, 0.15) is 49.9 Å². The summed E-state index contributed by atoms with van der Waals surface area (Å²) < 4.78 is 12.7. The molecule has 1 heterocycles. The van der Waals surface area contributed by atoms with E-state index in [9.17, 15) is 5.11 Å². The van der Waals surface area contributed by atoms with Crippen LogP contribution in [-0.4, -0.2) is 23.8 Å². The van der Waals surface area contributed by atoms with Crippen LogP contribution in [0.25, 0.3) is 11.1 Å². The van der Waals surface area contributed by atoms with Crippen molar-refractivity contribution < 1.29 is 14.5 Å². The number of benzene rings is 4. The molecule has 0 aromatic heterocycles. The van der Waals surface area contributed by atoms with Gasteiger partial charge in [0.05, 0.1) is 16.6 Å². The van der Waals surface area contributed by atoms with Gasteiger partial charge in [-0.2, -0.15) is 0 Å². The number of aliphatic hydroxyl groups is 1. The minimum atomic E-state index is -0.960. The van der Waals surface area contributed by atoms with Gasteiger partial charge < -0.3 is 14.5 Å². The van der Waals surface area contributed by atoms with Crippen molar-refractivity contribution >= 4 is 12.9 Å². The smallest absolute Gasteiger partial charge is 0.309 e. The Bertz CT molecular complexity index is 1400. The Kier molecular flexibility index (Phi) is 4.80. The van der Waals surface area contributed by atoms with Gasteiger partial charge in [-0.15, -0.1) is 0 Å². The maximum atomic E-state index is 10.5. The zero-order valence-electron chi connectivity index (χ0n) is 20.6. The molecule has 35 heavy (non-hydrogen) atoms. The third-order valence-corrected chi connectivity index (χ3v) is 7.99. The van der Waals surface area contributed by atoms with E-state index in [1.807, 2.05) is 19.9 Å². The van der Waals surface area contributed by atoms with Crippen LogP contribution in [0.5, 0.6) is 11.5 Å². The Balaban J connectivity index is 1.54. The topological polar surface area (TPSA) is 38.7 Å². The first-order valence-corrected chi connectivity index (χ1v) is 12.2. The zero-order chi connectivity index (χ0) is 24.4. The standard InChI is InChI=1S/C31H29BO3/c1-29(2,33)30(3,4)35-32-20-17-18-26-28(19-20)34-27-16-10-9-15-25(27)31(26)23-13-7-5-11-21(23)22-12-6-8-14-24(22)31/h5-19,32-33H,1-4H3. The average Bonchev–Trinajstić information content (AvgIpc) is 3.13. The van der Waals surface area contributed by atoms with Gasteiger partial charge in [-0.1, -0.05) is 78.9 Å². The lowest BCUT2D eigenvalue weighted by atomic mass is 9.65. The van der Waals surface area contributed by atoms with Gasteiger partial charge in [0.25, 0.3) is 0 Å². The average molecular weight is 460 g/mol. The van der Waals surface area contributed by atoms with E-state index in [4.69, 9.17) is 9.39 Å². The molecule has 0 bridgehead atoms. The van der Waals surface area contributed by atoms with E-state index < -0.39 is 16.6 Å². The monoisotopic (exact) mass is 460 g/mol. The molecule has 6 rings (SSSR count). The first-order valence-electron chi connectivity index (χ1n) is 12.2. The van der Waals surface area contributed by atoms with E-state index in [-0.39, 0.29) is 0 Å². The number of hydrogen-bond donors (Lipinski definition) is 1. The van der Waals surface area contributed by atoms with E-state index >= 15 is 0 Å². The summed E-state index contributed by atoms with van der Waals surface area (Å²) in [6, 6.07) is 32.2. The molecule has 4 aromatic rings. The molecule has 1 aliphatic heterocycles. The van der Waals surface area contributed by atoms with Gasteiger partial charge in [0.15, 0.2) is 0 Å². The third-order valence-electron chi connectivity index (χ3n) is 7.99. The van der Waals surface area contributed by atoms with Crippen LogP contribution in [-0.2, 0) is 10.1 Å². The van der Waals surface area contributed by atoms with Crippen molar-refractivity contribution in [2.45, 2.75) is 44.3 Å². The highest BCUT2D eigenvalue weighted by Crippen LogP contribution is 2.61. The Morgan fingerprint density at radius 1 is 0.686 bits per heavy atom. The first kappa shape index (κ1) is 22.1. The van der Waals surface area contributed by atoms with Crippen molar-refractivity contribution in [3.63, 3.8) is 0 Å². The van der Waals surface area contributed by atoms with E-state index in [1.54, 1.807) is 13.8 Å². The van der Waals surface area contributed by atoms with E-state index in [0.29, 0.717) is 7.48 Å². The Morgan fingerprint density at radius 2 is 1.23 bits per heavy atom. The van der Waals surface area contributed by atoms with Gasteiger partial charge in [-0.3, -0.25) is 0 Å². The molecule has 0 saturated carbocycles. The highest BCUT2D eigenvalue weighted by atomic mass is 16.5. The molecular formula is C31H29BO3. The highest BCUT2D eigenvalue weighted by Gasteiger charge is 2.50. The number of ether oxygens (including phenoxy) is 1. The molecule has 1 N–H and O–H groups in total. The van der Waals surface area contributed by atoms with Gasteiger partial charge in [-0.05, 0) is 67.5 Å². The van der Waals surface area contributed by atoms with Crippen molar-refractivity contribution in [3.8, 4) is 22.6 Å². The van der Waals surface area contributed by atoms with Crippen LogP contribution in [0.2, 0.25) is 0 Å². The molecule has 2 aliphatic rings. The largest absolute Gasteiger partial charge is 0.457 e.